The molecule has 2 aromatic rings. The molecule has 4 nitrogen and oxygen atoms in total. The fourth-order valence-electron chi connectivity index (χ4n) is 2.89. The molecule has 1 aliphatic heterocycles. The lowest BCUT2D eigenvalue weighted by molar-refractivity contribution is 0.456. The lowest BCUT2D eigenvalue weighted by Crippen LogP contribution is -2.29. The van der Waals surface area contributed by atoms with E-state index in [1.54, 1.807) is 22.6 Å². The van der Waals surface area contributed by atoms with E-state index in [4.69, 9.17) is 0 Å². The minimum atomic E-state index is -3.36. The second kappa shape index (κ2) is 6.18. The third kappa shape index (κ3) is 3.20. The number of nitrogens with zero attached hydrogens (tertiary/aromatic N) is 2. The van der Waals surface area contributed by atoms with Crippen molar-refractivity contribution in [1.82, 2.24) is 9.29 Å². The molecule has 1 aliphatic rings. The molecule has 1 aromatic heterocycles. The van der Waals surface area contributed by atoms with Crippen molar-refractivity contribution in [3.63, 3.8) is 0 Å². The van der Waals surface area contributed by atoms with Crippen LogP contribution in [-0.4, -0.2) is 30.8 Å². The van der Waals surface area contributed by atoms with Crippen molar-refractivity contribution in [2.24, 2.45) is 5.92 Å². The Morgan fingerprint density at radius 2 is 2.00 bits per heavy atom. The number of sulfonamides is 1. The molecule has 1 aromatic carbocycles. The zero-order valence-corrected chi connectivity index (χ0v) is 13.5. The van der Waals surface area contributed by atoms with Crippen LogP contribution in [-0.2, 0) is 16.4 Å². The lowest BCUT2D eigenvalue weighted by atomic mass is 10.0. The molecule has 0 bridgehead atoms. The average Bonchev–Trinajstić information content (AvgIpc) is 2.98. The molecule has 1 unspecified atom stereocenters. The normalized spacial score (nSPS) is 19.4. The van der Waals surface area contributed by atoms with Crippen LogP contribution in [0.5, 0.6) is 0 Å². The Kier molecular flexibility index (Phi) is 4.27. The van der Waals surface area contributed by atoms with Crippen LogP contribution in [0.3, 0.4) is 0 Å². The largest absolute Gasteiger partial charge is 0.264 e. The summed E-state index contributed by atoms with van der Waals surface area (Å²) < 4.78 is 26.9. The Balaban J connectivity index is 1.70. The Morgan fingerprint density at radius 1 is 1.23 bits per heavy atom. The second-order valence-electron chi connectivity index (χ2n) is 5.90. The van der Waals surface area contributed by atoms with Crippen LogP contribution in [0.4, 0.5) is 0 Å². The summed E-state index contributed by atoms with van der Waals surface area (Å²) in [6.07, 6.45) is 5.40. The fraction of sp³-hybridized carbons (Fsp3) is 0.353. The van der Waals surface area contributed by atoms with Crippen molar-refractivity contribution in [1.29, 1.82) is 0 Å². The van der Waals surface area contributed by atoms with Gasteiger partial charge in [0.15, 0.2) is 0 Å². The maximum atomic E-state index is 12.7. The minimum Gasteiger partial charge on any atom is -0.264 e. The Bertz CT molecular complexity index is 727. The monoisotopic (exact) mass is 316 g/mol. The molecule has 22 heavy (non-hydrogen) atoms. The van der Waals surface area contributed by atoms with E-state index >= 15 is 0 Å². The van der Waals surface area contributed by atoms with Gasteiger partial charge in [-0.05, 0) is 49.4 Å². The quantitative estimate of drug-likeness (QED) is 0.871. The number of aryl methyl sites for hydroxylation is 1. The van der Waals surface area contributed by atoms with Gasteiger partial charge in [-0.2, -0.15) is 4.31 Å². The van der Waals surface area contributed by atoms with Gasteiger partial charge in [0, 0.05) is 25.5 Å². The number of benzene rings is 1. The Labute approximate surface area is 131 Å². The molecule has 0 amide bonds. The molecule has 116 valence electrons. The van der Waals surface area contributed by atoms with Crippen molar-refractivity contribution in [3.8, 4) is 0 Å². The molecule has 5 heteroatoms. The molecule has 0 saturated carbocycles. The van der Waals surface area contributed by atoms with Crippen LogP contribution in [0.15, 0.2) is 53.7 Å². The standard InChI is InChI=1S/C17H20N2O2S/c1-14-4-6-17(7-5-14)22(20,21)19-10-8-16(13-19)11-15-3-2-9-18-12-15/h2-7,9,12,16H,8,10-11,13H2,1H3. The summed E-state index contributed by atoms with van der Waals surface area (Å²) in [6.45, 7) is 3.14. The van der Waals surface area contributed by atoms with Crippen molar-refractivity contribution in [2.45, 2.75) is 24.7 Å². The summed E-state index contributed by atoms with van der Waals surface area (Å²) in [5.74, 6) is 0.365. The highest BCUT2D eigenvalue weighted by Gasteiger charge is 2.32. The van der Waals surface area contributed by atoms with E-state index in [1.807, 2.05) is 37.4 Å². The Morgan fingerprint density at radius 3 is 2.68 bits per heavy atom. The van der Waals surface area contributed by atoms with Crippen molar-refractivity contribution in [3.05, 3.63) is 59.9 Å². The summed E-state index contributed by atoms with van der Waals surface area (Å²) >= 11 is 0. The highest BCUT2D eigenvalue weighted by molar-refractivity contribution is 7.89. The summed E-state index contributed by atoms with van der Waals surface area (Å²) in [6, 6.07) is 11.0. The van der Waals surface area contributed by atoms with Crippen LogP contribution in [0.2, 0.25) is 0 Å². The molecule has 3 rings (SSSR count). The van der Waals surface area contributed by atoms with Gasteiger partial charge in [0.05, 0.1) is 4.90 Å². The molecule has 1 fully saturated rings. The van der Waals surface area contributed by atoms with Crippen molar-refractivity contribution < 1.29 is 8.42 Å². The van der Waals surface area contributed by atoms with E-state index in [-0.39, 0.29) is 0 Å². The summed E-state index contributed by atoms with van der Waals surface area (Å²) in [5.41, 5.74) is 2.23. The highest BCUT2D eigenvalue weighted by atomic mass is 32.2. The number of hydrogen-bond donors (Lipinski definition) is 0. The van der Waals surface area contributed by atoms with Gasteiger partial charge in [-0.1, -0.05) is 23.8 Å². The summed E-state index contributed by atoms with van der Waals surface area (Å²) in [5, 5.41) is 0. The topological polar surface area (TPSA) is 50.3 Å². The van der Waals surface area contributed by atoms with Crippen LogP contribution in [0.25, 0.3) is 0 Å². The zero-order valence-electron chi connectivity index (χ0n) is 12.6. The SMILES string of the molecule is Cc1ccc(S(=O)(=O)N2CCC(Cc3cccnc3)C2)cc1. The van der Waals surface area contributed by atoms with Gasteiger partial charge in [0.1, 0.15) is 0 Å². The molecule has 2 heterocycles. The van der Waals surface area contributed by atoms with E-state index in [1.165, 1.54) is 5.56 Å². The third-order valence-corrected chi connectivity index (χ3v) is 6.03. The lowest BCUT2D eigenvalue weighted by Gasteiger charge is -2.17. The van der Waals surface area contributed by atoms with Crippen molar-refractivity contribution >= 4 is 10.0 Å². The van der Waals surface area contributed by atoms with Gasteiger partial charge >= 0.3 is 0 Å². The van der Waals surface area contributed by atoms with Crippen LogP contribution in [0.1, 0.15) is 17.5 Å². The van der Waals surface area contributed by atoms with Gasteiger partial charge in [-0.3, -0.25) is 4.98 Å². The predicted molar refractivity (Wildman–Crippen MR) is 86.0 cm³/mol. The van der Waals surface area contributed by atoms with Gasteiger partial charge in [-0.25, -0.2) is 8.42 Å². The number of hydrogen-bond acceptors (Lipinski definition) is 3. The summed E-state index contributed by atoms with van der Waals surface area (Å²) in [7, 11) is -3.36. The van der Waals surface area contributed by atoms with Crippen LogP contribution < -0.4 is 0 Å². The molecule has 1 saturated heterocycles. The fourth-order valence-corrected chi connectivity index (χ4v) is 4.42. The molecule has 0 spiro atoms. The van der Waals surface area contributed by atoms with Crippen LogP contribution >= 0.6 is 0 Å². The van der Waals surface area contributed by atoms with Gasteiger partial charge in [0.2, 0.25) is 10.0 Å². The molecular formula is C17H20N2O2S. The average molecular weight is 316 g/mol. The first kappa shape index (κ1) is 15.2. The summed E-state index contributed by atoms with van der Waals surface area (Å²) in [4.78, 5) is 4.51. The van der Waals surface area contributed by atoms with Gasteiger partial charge in [-0.15, -0.1) is 0 Å². The number of rotatable bonds is 4. The Hall–Kier alpha value is -1.72. The molecule has 0 radical (unpaired) electrons. The first-order valence-electron chi connectivity index (χ1n) is 7.51. The van der Waals surface area contributed by atoms with Crippen molar-refractivity contribution in [2.75, 3.05) is 13.1 Å². The zero-order chi connectivity index (χ0) is 15.6. The predicted octanol–water partition coefficient (Wildman–Crippen LogP) is 2.64. The van der Waals surface area contributed by atoms with E-state index < -0.39 is 10.0 Å². The first-order valence-corrected chi connectivity index (χ1v) is 8.95. The number of aromatic nitrogens is 1. The van der Waals surface area contributed by atoms with E-state index in [9.17, 15) is 8.42 Å². The highest BCUT2D eigenvalue weighted by Crippen LogP contribution is 2.26. The minimum absolute atomic E-state index is 0.365. The molecular weight excluding hydrogens is 296 g/mol. The first-order chi connectivity index (χ1) is 10.6. The smallest absolute Gasteiger partial charge is 0.243 e. The van der Waals surface area contributed by atoms with E-state index in [0.29, 0.717) is 23.9 Å². The maximum absolute atomic E-state index is 12.7. The van der Waals surface area contributed by atoms with E-state index in [2.05, 4.69) is 4.98 Å². The van der Waals surface area contributed by atoms with Gasteiger partial charge < -0.3 is 0 Å². The van der Waals surface area contributed by atoms with E-state index in [0.717, 1.165) is 18.4 Å². The molecule has 0 N–H and O–H groups in total. The molecule has 1 atom stereocenters. The van der Waals surface area contributed by atoms with Gasteiger partial charge in [0.25, 0.3) is 0 Å². The number of pyridine rings is 1. The maximum Gasteiger partial charge on any atom is 0.243 e. The van der Waals surface area contributed by atoms with Crippen LogP contribution in [0, 0.1) is 12.8 Å². The second-order valence-corrected chi connectivity index (χ2v) is 7.83. The third-order valence-electron chi connectivity index (χ3n) is 4.15. The molecule has 0 aliphatic carbocycles.